The van der Waals surface area contributed by atoms with Gasteiger partial charge in [-0.05, 0) is 31.6 Å². The highest BCUT2D eigenvalue weighted by Crippen LogP contribution is 2.29. The first kappa shape index (κ1) is 16.9. The third-order valence-corrected chi connectivity index (χ3v) is 3.11. The quantitative estimate of drug-likeness (QED) is 0.349. The van der Waals surface area contributed by atoms with Gasteiger partial charge in [0.05, 0.1) is 35.2 Å². The number of carbonyl (C=O) groups is 1. The number of aryl methyl sites for hydroxylation is 1. The second-order valence-electron chi connectivity index (χ2n) is 4.14. The molecule has 0 saturated carbocycles. The van der Waals surface area contributed by atoms with Crippen LogP contribution in [0.15, 0.2) is 22.2 Å². The van der Waals surface area contributed by atoms with Gasteiger partial charge in [0.1, 0.15) is 0 Å². The summed E-state index contributed by atoms with van der Waals surface area (Å²) >= 11 is 3.20. The molecule has 0 fully saturated rings. The molecule has 0 aliphatic heterocycles. The Balaban J connectivity index is 3.43. The highest BCUT2D eigenvalue weighted by molar-refractivity contribution is 9.10. The number of nitriles is 1. The van der Waals surface area contributed by atoms with E-state index in [-0.39, 0.29) is 24.3 Å². The van der Waals surface area contributed by atoms with Crippen LogP contribution in [-0.2, 0) is 9.53 Å². The Morgan fingerprint density at radius 2 is 2.24 bits per heavy atom. The molecular formula is C14H13BrN2O4. The fourth-order valence-corrected chi connectivity index (χ4v) is 2.30. The maximum atomic E-state index is 11.8. The van der Waals surface area contributed by atoms with Gasteiger partial charge < -0.3 is 4.74 Å². The van der Waals surface area contributed by atoms with Gasteiger partial charge in [0.25, 0.3) is 5.69 Å². The average Bonchev–Trinajstić information content (AvgIpc) is 2.40. The van der Waals surface area contributed by atoms with E-state index >= 15 is 0 Å². The van der Waals surface area contributed by atoms with Crippen molar-refractivity contribution < 1.29 is 14.5 Å². The van der Waals surface area contributed by atoms with E-state index in [0.29, 0.717) is 15.6 Å². The summed E-state index contributed by atoms with van der Waals surface area (Å²) in [6, 6.07) is 4.92. The van der Waals surface area contributed by atoms with Crippen molar-refractivity contribution in [2.45, 2.75) is 20.3 Å². The molecule has 0 unspecified atom stereocenters. The SMILES string of the molecule is CCOC(=O)/C(=C/c1c(C)cc(Br)cc1[N+](=O)[O-])CC#N. The summed E-state index contributed by atoms with van der Waals surface area (Å²) in [5.74, 6) is -0.643. The highest BCUT2D eigenvalue weighted by Gasteiger charge is 2.19. The fourth-order valence-electron chi connectivity index (χ4n) is 1.74. The zero-order valence-corrected chi connectivity index (χ0v) is 13.1. The minimum absolute atomic E-state index is 0.0906. The lowest BCUT2D eigenvalue weighted by Gasteiger charge is -2.07. The smallest absolute Gasteiger partial charge is 0.335 e. The van der Waals surface area contributed by atoms with Crippen LogP contribution in [0.1, 0.15) is 24.5 Å². The summed E-state index contributed by atoms with van der Waals surface area (Å²) in [6.45, 7) is 3.51. The molecule has 0 N–H and O–H groups in total. The van der Waals surface area contributed by atoms with E-state index in [1.807, 2.05) is 6.07 Å². The number of halogens is 1. The lowest BCUT2D eigenvalue weighted by molar-refractivity contribution is -0.385. The van der Waals surface area contributed by atoms with Gasteiger partial charge in [0, 0.05) is 10.5 Å². The van der Waals surface area contributed by atoms with Gasteiger partial charge in [-0.25, -0.2) is 4.79 Å². The first-order chi connectivity index (χ1) is 9.90. The van der Waals surface area contributed by atoms with Crippen molar-refractivity contribution >= 4 is 33.7 Å². The fraction of sp³-hybridized carbons (Fsp3) is 0.286. The summed E-state index contributed by atoms with van der Waals surface area (Å²) in [4.78, 5) is 22.4. The number of rotatable bonds is 5. The summed E-state index contributed by atoms with van der Waals surface area (Å²) in [6.07, 6.45) is 1.17. The van der Waals surface area contributed by atoms with Crippen LogP contribution in [0.2, 0.25) is 0 Å². The van der Waals surface area contributed by atoms with Crippen LogP contribution in [0.25, 0.3) is 6.08 Å². The van der Waals surface area contributed by atoms with Crippen molar-refractivity contribution in [3.05, 3.63) is 43.4 Å². The molecule has 7 heteroatoms. The Hall–Kier alpha value is -2.20. The summed E-state index contributed by atoms with van der Waals surface area (Å²) < 4.78 is 5.43. The number of esters is 1. The monoisotopic (exact) mass is 352 g/mol. The number of ether oxygens (including phenoxy) is 1. The molecule has 0 bridgehead atoms. The van der Waals surface area contributed by atoms with Gasteiger partial charge >= 0.3 is 5.97 Å². The van der Waals surface area contributed by atoms with Crippen LogP contribution in [0, 0.1) is 28.4 Å². The molecular weight excluding hydrogens is 340 g/mol. The number of hydrogen-bond acceptors (Lipinski definition) is 5. The average molecular weight is 353 g/mol. The number of benzene rings is 1. The van der Waals surface area contributed by atoms with Gasteiger partial charge in [-0.3, -0.25) is 10.1 Å². The molecule has 1 rings (SSSR count). The normalized spacial score (nSPS) is 10.9. The molecule has 110 valence electrons. The van der Waals surface area contributed by atoms with E-state index in [9.17, 15) is 14.9 Å². The number of nitrogens with zero attached hydrogens (tertiary/aromatic N) is 2. The van der Waals surface area contributed by atoms with E-state index in [0.717, 1.165) is 0 Å². The van der Waals surface area contributed by atoms with Crippen LogP contribution >= 0.6 is 15.9 Å². The Kier molecular flexibility index (Phi) is 6.06. The zero-order chi connectivity index (χ0) is 16.0. The summed E-state index contributed by atoms with van der Waals surface area (Å²) in [5, 5.41) is 19.9. The van der Waals surface area contributed by atoms with E-state index in [1.54, 1.807) is 19.9 Å². The molecule has 0 aliphatic rings. The molecule has 0 spiro atoms. The molecule has 1 aromatic carbocycles. The molecule has 0 aromatic heterocycles. The second-order valence-corrected chi connectivity index (χ2v) is 5.05. The number of nitro groups is 1. The van der Waals surface area contributed by atoms with Crippen molar-refractivity contribution in [3.8, 4) is 6.07 Å². The van der Waals surface area contributed by atoms with Crippen molar-refractivity contribution in [2.75, 3.05) is 6.61 Å². The van der Waals surface area contributed by atoms with Crippen molar-refractivity contribution in [1.82, 2.24) is 0 Å². The molecule has 0 amide bonds. The van der Waals surface area contributed by atoms with Gasteiger partial charge in [0.2, 0.25) is 0 Å². The summed E-state index contributed by atoms with van der Waals surface area (Å²) in [5.41, 5.74) is 0.867. The van der Waals surface area contributed by atoms with E-state index in [4.69, 9.17) is 10.00 Å². The zero-order valence-electron chi connectivity index (χ0n) is 11.6. The van der Waals surface area contributed by atoms with Gasteiger partial charge in [-0.2, -0.15) is 5.26 Å². The van der Waals surface area contributed by atoms with Crippen molar-refractivity contribution in [3.63, 3.8) is 0 Å². The van der Waals surface area contributed by atoms with Gasteiger partial charge in [-0.15, -0.1) is 0 Å². The van der Waals surface area contributed by atoms with Crippen LogP contribution in [0.5, 0.6) is 0 Å². The molecule has 21 heavy (non-hydrogen) atoms. The Morgan fingerprint density at radius 3 is 2.76 bits per heavy atom. The maximum absolute atomic E-state index is 11.8. The van der Waals surface area contributed by atoms with E-state index < -0.39 is 10.9 Å². The second kappa shape index (κ2) is 7.55. The largest absolute Gasteiger partial charge is 0.463 e. The van der Waals surface area contributed by atoms with E-state index in [1.165, 1.54) is 12.1 Å². The molecule has 0 radical (unpaired) electrons. The predicted octanol–water partition coefficient (Wildman–Crippen LogP) is 3.53. The molecule has 0 saturated heterocycles. The Labute approximate surface area is 130 Å². The molecule has 0 atom stereocenters. The maximum Gasteiger partial charge on any atom is 0.335 e. The third-order valence-electron chi connectivity index (χ3n) is 2.65. The van der Waals surface area contributed by atoms with Gasteiger partial charge in [0.15, 0.2) is 0 Å². The Morgan fingerprint density at radius 1 is 1.57 bits per heavy atom. The third kappa shape index (κ3) is 4.39. The number of hydrogen-bond donors (Lipinski definition) is 0. The minimum atomic E-state index is -0.643. The lowest BCUT2D eigenvalue weighted by atomic mass is 10.0. The van der Waals surface area contributed by atoms with Gasteiger partial charge in [-0.1, -0.05) is 15.9 Å². The van der Waals surface area contributed by atoms with Crippen LogP contribution in [0.3, 0.4) is 0 Å². The first-order valence-corrected chi connectivity index (χ1v) is 6.89. The molecule has 6 nitrogen and oxygen atoms in total. The van der Waals surface area contributed by atoms with Crippen LogP contribution in [0.4, 0.5) is 5.69 Å². The number of nitro benzene ring substituents is 1. The topological polar surface area (TPSA) is 93.2 Å². The standard InChI is InChI=1S/C14H13BrN2O4/c1-3-21-14(18)10(4-5-16)7-12-9(2)6-11(15)8-13(12)17(19)20/h6-8H,3-4H2,1-2H3/b10-7+. The molecule has 0 aliphatic carbocycles. The van der Waals surface area contributed by atoms with Crippen LogP contribution in [-0.4, -0.2) is 17.5 Å². The van der Waals surface area contributed by atoms with Crippen LogP contribution < -0.4 is 0 Å². The minimum Gasteiger partial charge on any atom is -0.463 e. The highest BCUT2D eigenvalue weighted by atomic mass is 79.9. The van der Waals surface area contributed by atoms with E-state index in [2.05, 4.69) is 15.9 Å². The first-order valence-electron chi connectivity index (χ1n) is 6.09. The predicted molar refractivity (Wildman–Crippen MR) is 80.4 cm³/mol. The molecule has 0 heterocycles. The summed E-state index contributed by atoms with van der Waals surface area (Å²) in [7, 11) is 0. The van der Waals surface area contributed by atoms with Crippen molar-refractivity contribution in [2.24, 2.45) is 0 Å². The lowest BCUT2D eigenvalue weighted by Crippen LogP contribution is -2.07. The number of carbonyl (C=O) groups excluding carboxylic acids is 1. The Bertz CT molecular complexity index is 647. The molecule has 1 aromatic rings. The van der Waals surface area contributed by atoms with Crippen molar-refractivity contribution in [1.29, 1.82) is 5.26 Å².